The molecule has 7 nitrogen and oxygen atoms in total. The quantitative estimate of drug-likeness (QED) is 0.544. The molecule has 7 heteroatoms. The molecular weight excluding hydrogens is 420 g/mol. The first-order valence-electron chi connectivity index (χ1n) is 10.3. The van der Waals surface area contributed by atoms with Crippen molar-refractivity contribution in [1.82, 2.24) is 0 Å². The van der Waals surface area contributed by atoms with Gasteiger partial charge in [0.1, 0.15) is 22.9 Å². The van der Waals surface area contributed by atoms with E-state index in [2.05, 4.69) is 5.32 Å². The number of methoxy groups -OCH3 is 3. The van der Waals surface area contributed by atoms with Gasteiger partial charge in [0.25, 0.3) is 11.8 Å². The molecule has 0 bridgehead atoms. The number of ether oxygens (including phenoxy) is 3. The summed E-state index contributed by atoms with van der Waals surface area (Å²) in [6, 6.07) is 19.6. The number of nitrogens with one attached hydrogen (secondary N) is 1. The number of rotatable bonds is 7. The monoisotopic (exact) mass is 444 g/mol. The number of carbonyl (C=O) groups is 2. The molecule has 0 radical (unpaired) electrons. The van der Waals surface area contributed by atoms with Crippen LogP contribution in [0.15, 0.2) is 72.4 Å². The molecule has 3 aromatic carbocycles. The Hall–Kier alpha value is -4.26. The molecule has 1 heterocycles. The largest absolute Gasteiger partial charge is 0.497 e. The van der Waals surface area contributed by atoms with E-state index in [1.165, 1.54) is 14.2 Å². The maximum Gasteiger partial charge on any atom is 0.282 e. The van der Waals surface area contributed by atoms with Crippen LogP contribution < -0.4 is 24.4 Å². The van der Waals surface area contributed by atoms with Gasteiger partial charge in [-0.25, -0.2) is 4.90 Å². The molecule has 4 rings (SSSR count). The lowest BCUT2D eigenvalue weighted by molar-refractivity contribution is -0.120. The fourth-order valence-electron chi connectivity index (χ4n) is 3.63. The molecule has 0 saturated heterocycles. The smallest absolute Gasteiger partial charge is 0.282 e. The summed E-state index contributed by atoms with van der Waals surface area (Å²) in [6.07, 6.45) is 0. The second-order valence-corrected chi connectivity index (χ2v) is 7.49. The van der Waals surface area contributed by atoms with Gasteiger partial charge in [-0.2, -0.15) is 0 Å². The summed E-state index contributed by atoms with van der Waals surface area (Å²) < 4.78 is 15.9. The van der Waals surface area contributed by atoms with E-state index in [4.69, 9.17) is 14.2 Å². The number of hydrogen-bond acceptors (Lipinski definition) is 6. The Morgan fingerprint density at radius 2 is 1.36 bits per heavy atom. The van der Waals surface area contributed by atoms with Crippen molar-refractivity contribution in [2.75, 3.05) is 31.5 Å². The van der Waals surface area contributed by atoms with Crippen LogP contribution in [0.25, 0.3) is 5.57 Å². The summed E-state index contributed by atoms with van der Waals surface area (Å²) in [6.45, 7) is 1.96. The summed E-state index contributed by atoms with van der Waals surface area (Å²) >= 11 is 0. The van der Waals surface area contributed by atoms with Gasteiger partial charge in [0.15, 0.2) is 0 Å². The number of hydrogen-bond donors (Lipinski definition) is 1. The Kier molecular flexibility index (Phi) is 6.04. The Labute approximate surface area is 192 Å². The van der Waals surface area contributed by atoms with Gasteiger partial charge >= 0.3 is 0 Å². The van der Waals surface area contributed by atoms with Crippen LogP contribution in [0, 0.1) is 6.92 Å². The highest BCUT2D eigenvalue weighted by molar-refractivity contribution is 6.46. The predicted octanol–water partition coefficient (Wildman–Crippen LogP) is 4.42. The van der Waals surface area contributed by atoms with Crippen LogP contribution in [-0.4, -0.2) is 33.1 Å². The van der Waals surface area contributed by atoms with Crippen LogP contribution >= 0.6 is 0 Å². The number of anilines is 2. The molecule has 1 aliphatic rings. The third-order valence-electron chi connectivity index (χ3n) is 5.36. The normalized spacial score (nSPS) is 13.4. The van der Waals surface area contributed by atoms with Crippen LogP contribution in [0.4, 0.5) is 11.4 Å². The Morgan fingerprint density at radius 1 is 0.727 bits per heavy atom. The molecule has 0 saturated carbocycles. The van der Waals surface area contributed by atoms with Gasteiger partial charge in [-0.15, -0.1) is 0 Å². The number of aryl methyl sites for hydroxylation is 1. The van der Waals surface area contributed by atoms with Crippen LogP contribution in [0.5, 0.6) is 17.2 Å². The molecule has 0 aliphatic carbocycles. The van der Waals surface area contributed by atoms with Crippen LogP contribution in [0.2, 0.25) is 0 Å². The van der Waals surface area contributed by atoms with Gasteiger partial charge < -0.3 is 19.5 Å². The molecule has 33 heavy (non-hydrogen) atoms. The van der Waals surface area contributed by atoms with Gasteiger partial charge in [-0.05, 0) is 24.6 Å². The first kappa shape index (κ1) is 22.0. The lowest BCUT2D eigenvalue weighted by atomic mass is 10.0. The Bertz CT molecular complexity index is 1230. The van der Waals surface area contributed by atoms with Crippen molar-refractivity contribution in [1.29, 1.82) is 0 Å². The minimum atomic E-state index is -0.478. The fourth-order valence-corrected chi connectivity index (χ4v) is 3.63. The average molecular weight is 444 g/mol. The SMILES string of the molecule is COc1cccc(NC2=C(c3ccc(C)cc3)C(=O)N(c3cc(OC)cc(OC)c3)C2=O)c1. The number of amides is 2. The summed E-state index contributed by atoms with van der Waals surface area (Å²) in [5.74, 6) is 0.647. The van der Waals surface area contributed by atoms with Crippen molar-refractivity contribution in [3.05, 3.63) is 83.6 Å². The minimum Gasteiger partial charge on any atom is -0.497 e. The zero-order valence-corrected chi connectivity index (χ0v) is 18.8. The Morgan fingerprint density at radius 3 is 1.97 bits per heavy atom. The number of benzene rings is 3. The zero-order valence-electron chi connectivity index (χ0n) is 18.8. The Balaban J connectivity index is 1.83. The maximum atomic E-state index is 13.6. The molecule has 0 fully saturated rings. The number of imide groups is 1. The molecular formula is C26H24N2O5. The fraction of sp³-hybridized carbons (Fsp3) is 0.154. The van der Waals surface area contributed by atoms with Crippen LogP contribution in [-0.2, 0) is 9.59 Å². The lowest BCUT2D eigenvalue weighted by Crippen LogP contribution is -2.32. The summed E-state index contributed by atoms with van der Waals surface area (Å²) in [7, 11) is 4.59. The van der Waals surface area contributed by atoms with E-state index < -0.39 is 11.8 Å². The van der Waals surface area contributed by atoms with E-state index in [0.717, 1.165) is 10.5 Å². The van der Waals surface area contributed by atoms with Crippen LogP contribution in [0.1, 0.15) is 11.1 Å². The zero-order chi connectivity index (χ0) is 23.5. The predicted molar refractivity (Wildman–Crippen MR) is 127 cm³/mol. The van der Waals surface area contributed by atoms with E-state index in [1.54, 1.807) is 49.6 Å². The first-order chi connectivity index (χ1) is 15.9. The van der Waals surface area contributed by atoms with Crippen LogP contribution in [0.3, 0.4) is 0 Å². The molecule has 3 aromatic rings. The standard InChI is InChI=1S/C26H24N2O5/c1-16-8-10-17(11-9-16)23-24(27-18-6-5-7-20(12-18)31-2)26(30)28(25(23)29)19-13-21(32-3)15-22(14-19)33-4/h5-15,27H,1-4H3. The third-order valence-corrected chi connectivity index (χ3v) is 5.36. The third kappa shape index (κ3) is 4.25. The summed E-state index contributed by atoms with van der Waals surface area (Å²) in [4.78, 5) is 28.4. The molecule has 1 aliphatic heterocycles. The molecule has 0 spiro atoms. The second kappa shape index (κ2) is 9.08. The molecule has 1 N–H and O–H groups in total. The highest BCUT2D eigenvalue weighted by Gasteiger charge is 2.40. The molecule has 0 unspecified atom stereocenters. The van der Waals surface area contributed by atoms with E-state index in [-0.39, 0.29) is 11.3 Å². The first-order valence-corrected chi connectivity index (χ1v) is 10.3. The number of carbonyl (C=O) groups excluding carboxylic acids is 2. The summed E-state index contributed by atoms with van der Waals surface area (Å²) in [5.41, 5.74) is 3.13. The van der Waals surface area contributed by atoms with E-state index in [1.807, 2.05) is 31.2 Å². The van der Waals surface area contributed by atoms with Gasteiger partial charge in [0, 0.05) is 30.0 Å². The van der Waals surface area contributed by atoms with E-state index in [0.29, 0.717) is 34.2 Å². The van der Waals surface area contributed by atoms with Gasteiger partial charge in [-0.3, -0.25) is 9.59 Å². The summed E-state index contributed by atoms with van der Waals surface area (Å²) in [5, 5.41) is 3.14. The van der Waals surface area contributed by atoms with Crippen molar-refractivity contribution < 1.29 is 23.8 Å². The molecule has 0 aromatic heterocycles. The molecule has 168 valence electrons. The van der Waals surface area contributed by atoms with Gasteiger partial charge in [0.05, 0.1) is 32.6 Å². The van der Waals surface area contributed by atoms with E-state index >= 15 is 0 Å². The van der Waals surface area contributed by atoms with E-state index in [9.17, 15) is 9.59 Å². The topological polar surface area (TPSA) is 77.1 Å². The minimum absolute atomic E-state index is 0.180. The van der Waals surface area contributed by atoms with Crippen molar-refractivity contribution in [2.24, 2.45) is 0 Å². The van der Waals surface area contributed by atoms with Crippen molar-refractivity contribution in [2.45, 2.75) is 6.92 Å². The molecule has 0 atom stereocenters. The lowest BCUT2D eigenvalue weighted by Gasteiger charge is -2.17. The highest BCUT2D eigenvalue weighted by Crippen LogP contribution is 2.37. The molecule has 2 amide bonds. The average Bonchev–Trinajstić information content (AvgIpc) is 3.08. The van der Waals surface area contributed by atoms with Gasteiger partial charge in [-0.1, -0.05) is 35.9 Å². The van der Waals surface area contributed by atoms with Crippen molar-refractivity contribution in [3.8, 4) is 17.2 Å². The van der Waals surface area contributed by atoms with Crippen molar-refractivity contribution in [3.63, 3.8) is 0 Å². The van der Waals surface area contributed by atoms with Gasteiger partial charge in [0.2, 0.25) is 0 Å². The number of nitrogens with zero attached hydrogens (tertiary/aromatic N) is 1. The van der Waals surface area contributed by atoms with Crippen molar-refractivity contribution >= 4 is 28.8 Å². The maximum absolute atomic E-state index is 13.6. The second-order valence-electron chi connectivity index (χ2n) is 7.49. The highest BCUT2D eigenvalue weighted by atomic mass is 16.5.